The molecule has 2 atom stereocenters. The summed E-state index contributed by atoms with van der Waals surface area (Å²) in [6.45, 7) is 6.81. The van der Waals surface area contributed by atoms with E-state index in [1.165, 1.54) is 11.1 Å². The lowest BCUT2D eigenvalue weighted by atomic mass is 9.87. The monoisotopic (exact) mass is 232 g/mol. The van der Waals surface area contributed by atoms with Crippen molar-refractivity contribution in [2.24, 2.45) is 5.41 Å². The molecule has 1 aromatic rings. The molecule has 1 aliphatic heterocycles. The highest BCUT2D eigenvalue weighted by Crippen LogP contribution is 2.64. The summed E-state index contributed by atoms with van der Waals surface area (Å²) < 4.78 is 5.72. The van der Waals surface area contributed by atoms with Crippen LogP contribution in [0.1, 0.15) is 38.3 Å². The maximum absolute atomic E-state index is 9.71. The molecule has 0 radical (unpaired) electrons. The van der Waals surface area contributed by atoms with Crippen LogP contribution in [0.3, 0.4) is 0 Å². The fourth-order valence-electron chi connectivity index (χ4n) is 3.28. The Balaban J connectivity index is 1.99. The van der Waals surface area contributed by atoms with Crippen molar-refractivity contribution in [3.8, 4) is 5.75 Å². The Morgan fingerprint density at radius 3 is 2.71 bits per heavy atom. The van der Waals surface area contributed by atoms with Gasteiger partial charge in [0.05, 0.1) is 6.61 Å². The second kappa shape index (κ2) is 3.26. The van der Waals surface area contributed by atoms with E-state index >= 15 is 0 Å². The average molecular weight is 232 g/mol. The van der Waals surface area contributed by atoms with Gasteiger partial charge in [0, 0.05) is 11.8 Å². The topological polar surface area (TPSA) is 29.5 Å². The van der Waals surface area contributed by atoms with E-state index in [0.717, 1.165) is 18.6 Å². The summed E-state index contributed by atoms with van der Waals surface area (Å²) in [7, 11) is 0. The van der Waals surface area contributed by atoms with E-state index < -0.39 is 0 Å². The van der Waals surface area contributed by atoms with Crippen LogP contribution in [0.5, 0.6) is 5.75 Å². The fourth-order valence-corrected chi connectivity index (χ4v) is 3.28. The fraction of sp³-hybridized carbons (Fsp3) is 0.600. The molecule has 2 unspecified atom stereocenters. The molecular weight excluding hydrogens is 212 g/mol. The average Bonchev–Trinajstić information content (AvgIpc) is 2.65. The molecule has 0 spiro atoms. The molecule has 0 amide bonds. The van der Waals surface area contributed by atoms with Crippen LogP contribution in [-0.2, 0) is 11.8 Å². The summed E-state index contributed by atoms with van der Waals surface area (Å²) in [4.78, 5) is 0. The van der Waals surface area contributed by atoms with Crippen LogP contribution in [0, 0.1) is 5.41 Å². The molecule has 1 fully saturated rings. The summed E-state index contributed by atoms with van der Waals surface area (Å²) in [6, 6.07) is 6.44. The van der Waals surface area contributed by atoms with Crippen molar-refractivity contribution < 1.29 is 9.84 Å². The van der Waals surface area contributed by atoms with Crippen molar-refractivity contribution in [1.29, 1.82) is 0 Å². The number of hydrogen-bond donors (Lipinski definition) is 1. The van der Waals surface area contributed by atoms with Gasteiger partial charge in [0.15, 0.2) is 0 Å². The van der Waals surface area contributed by atoms with Crippen LogP contribution in [-0.4, -0.2) is 17.8 Å². The van der Waals surface area contributed by atoms with E-state index in [9.17, 15) is 5.11 Å². The van der Waals surface area contributed by atoms with E-state index in [0.29, 0.717) is 0 Å². The Morgan fingerprint density at radius 2 is 2.12 bits per heavy atom. The Kier molecular flexibility index (Phi) is 2.13. The number of fused-ring (bicyclic) bond motifs is 1. The van der Waals surface area contributed by atoms with Crippen LogP contribution in [0.4, 0.5) is 0 Å². The van der Waals surface area contributed by atoms with Crippen molar-refractivity contribution in [3.63, 3.8) is 0 Å². The third kappa shape index (κ3) is 1.43. The number of rotatable bonds is 2. The van der Waals surface area contributed by atoms with Crippen molar-refractivity contribution in [2.45, 2.75) is 45.1 Å². The quantitative estimate of drug-likeness (QED) is 0.849. The Labute approximate surface area is 103 Å². The first-order valence-electron chi connectivity index (χ1n) is 6.39. The Hall–Kier alpha value is -1.02. The van der Waals surface area contributed by atoms with Crippen molar-refractivity contribution in [1.82, 2.24) is 0 Å². The standard InChI is InChI=1S/C15H20O2/c1-10-6-11-7-12(4-5-13(11)17-10)15(9-16)8-14(15,2)3/h4-5,7,10,16H,6,8-9H2,1-3H3. The lowest BCUT2D eigenvalue weighted by molar-refractivity contribution is 0.231. The van der Waals surface area contributed by atoms with Crippen LogP contribution in [0.15, 0.2) is 18.2 Å². The highest BCUT2D eigenvalue weighted by molar-refractivity contribution is 5.46. The zero-order chi connectivity index (χ0) is 12.3. The summed E-state index contributed by atoms with van der Waals surface area (Å²) in [5, 5.41) is 9.71. The molecule has 1 aromatic carbocycles. The van der Waals surface area contributed by atoms with E-state index in [1.807, 2.05) is 0 Å². The van der Waals surface area contributed by atoms with Crippen LogP contribution in [0.2, 0.25) is 0 Å². The Bertz CT molecular complexity index is 464. The van der Waals surface area contributed by atoms with Gasteiger partial charge >= 0.3 is 0 Å². The van der Waals surface area contributed by atoms with Gasteiger partial charge in [-0.1, -0.05) is 26.0 Å². The predicted octanol–water partition coefficient (Wildman–Crippen LogP) is 2.67. The minimum absolute atomic E-state index is 0.0200. The van der Waals surface area contributed by atoms with Crippen molar-refractivity contribution in [2.75, 3.05) is 6.61 Å². The molecule has 1 saturated carbocycles. The SMILES string of the molecule is CC1Cc2cc(C3(CO)CC3(C)C)ccc2O1. The summed E-state index contributed by atoms with van der Waals surface area (Å²) in [6.07, 6.45) is 2.36. The normalized spacial score (nSPS) is 33.1. The van der Waals surface area contributed by atoms with E-state index in [4.69, 9.17) is 4.74 Å². The van der Waals surface area contributed by atoms with E-state index in [1.54, 1.807) is 0 Å². The molecule has 17 heavy (non-hydrogen) atoms. The zero-order valence-corrected chi connectivity index (χ0v) is 10.8. The van der Waals surface area contributed by atoms with E-state index in [-0.39, 0.29) is 23.5 Å². The number of aliphatic hydroxyl groups is 1. The third-order valence-electron chi connectivity index (χ3n) is 4.63. The predicted molar refractivity (Wildman–Crippen MR) is 67.4 cm³/mol. The molecule has 2 aliphatic rings. The molecule has 1 heterocycles. The summed E-state index contributed by atoms with van der Waals surface area (Å²) in [5.41, 5.74) is 2.78. The third-order valence-corrected chi connectivity index (χ3v) is 4.63. The molecule has 0 bridgehead atoms. The maximum Gasteiger partial charge on any atom is 0.123 e. The number of hydrogen-bond acceptors (Lipinski definition) is 2. The van der Waals surface area contributed by atoms with Gasteiger partial charge in [0.2, 0.25) is 0 Å². The minimum atomic E-state index is -0.0200. The minimum Gasteiger partial charge on any atom is -0.490 e. The second-order valence-corrected chi connectivity index (χ2v) is 6.26. The van der Waals surface area contributed by atoms with Crippen LogP contribution < -0.4 is 4.74 Å². The van der Waals surface area contributed by atoms with Gasteiger partial charge < -0.3 is 9.84 Å². The number of aliphatic hydroxyl groups excluding tert-OH is 1. The van der Waals surface area contributed by atoms with Crippen LogP contribution in [0.25, 0.3) is 0 Å². The van der Waals surface area contributed by atoms with Crippen molar-refractivity contribution in [3.05, 3.63) is 29.3 Å². The molecule has 92 valence electrons. The second-order valence-electron chi connectivity index (χ2n) is 6.26. The first-order valence-corrected chi connectivity index (χ1v) is 6.39. The molecule has 3 rings (SSSR count). The molecule has 0 aromatic heterocycles. The molecule has 2 nitrogen and oxygen atoms in total. The van der Waals surface area contributed by atoms with Gasteiger partial charge in [-0.15, -0.1) is 0 Å². The molecule has 1 N–H and O–H groups in total. The van der Waals surface area contributed by atoms with E-state index in [2.05, 4.69) is 39.0 Å². The maximum atomic E-state index is 9.71. The molecule has 2 heteroatoms. The van der Waals surface area contributed by atoms with Gasteiger partial charge in [0.1, 0.15) is 11.9 Å². The summed E-state index contributed by atoms with van der Waals surface area (Å²) >= 11 is 0. The molecule has 0 saturated heterocycles. The molecule has 1 aliphatic carbocycles. The molecular formula is C15H20O2. The highest BCUT2D eigenvalue weighted by Gasteiger charge is 2.61. The highest BCUT2D eigenvalue weighted by atomic mass is 16.5. The lowest BCUT2D eigenvalue weighted by Gasteiger charge is -2.19. The lowest BCUT2D eigenvalue weighted by Crippen LogP contribution is -2.19. The first-order chi connectivity index (χ1) is 7.98. The van der Waals surface area contributed by atoms with Gasteiger partial charge in [0.25, 0.3) is 0 Å². The van der Waals surface area contributed by atoms with Gasteiger partial charge in [-0.25, -0.2) is 0 Å². The van der Waals surface area contributed by atoms with Crippen LogP contribution >= 0.6 is 0 Å². The van der Waals surface area contributed by atoms with Gasteiger partial charge in [-0.2, -0.15) is 0 Å². The van der Waals surface area contributed by atoms with Gasteiger partial charge in [-0.05, 0) is 36.0 Å². The zero-order valence-electron chi connectivity index (χ0n) is 10.8. The summed E-state index contributed by atoms with van der Waals surface area (Å²) in [5.74, 6) is 1.02. The first kappa shape index (κ1) is 11.1. The largest absolute Gasteiger partial charge is 0.490 e. The Morgan fingerprint density at radius 1 is 1.41 bits per heavy atom. The number of ether oxygens (including phenoxy) is 1. The number of benzene rings is 1. The van der Waals surface area contributed by atoms with Crippen molar-refractivity contribution >= 4 is 0 Å². The van der Waals surface area contributed by atoms with Gasteiger partial charge in [-0.3, -0.25) is 0 Å². The smallest absolute Gasteiger partial charge is 0.123 e.